The summed E-state index contributed by atoms with van der Waals surface area (Å²) in [5.41, 5.74) is -0.0384. The SMILES string of the molecule is CN=C(NCCNS(=O)(=O)c1cccnc1)NCC(C)(C)N1CCOCC1.I. The van der Waals surface area contributed by atoms with Crippen LogP contribution in [0.4, 0.5) is 0 Å². The lowest BCUT2D eigenvalue weighted by molar-refractivity contribution is -0.00833. The van der Waals surface area contributed by atoms with Crippen LogP contribution in [0.1, 0.15) is 13.8 Å². The molecule has 0 aliphatic carbocycles. The molecule has 0 aromatic carbocycles. The fourth-order valence-corrected chi connectivity index (χ4v) is 3.75. The van der Waals surface area contributed by atoms with Gasteiger partial charge in [0.25, 0.3) is 0 Å². The number of nitrogens with zero attached hydrogens (tertiary/aromatic N) is 3. The molecule has 1 aromatic rings. The molecule has 1 fully saturated rings. The van der Waals surface area contributed by atoms with Crippen molar-refractivity contribution in [1.82, 2.24) is 25.2 Å². The number of aliphatic imine (C=N–C) groups is 1. The third kappa shape index (κ3) is 7.78. The van der Waals surface area contributed by atoms with E-state index in [9.17, 15) is 8.42 Å². The topological polar surface area (TPSA) is 108 Å². The maximum atomic E-state index is 12.1. The van der Waals surface area contributed by atoms with Crippen LogP contribution >= 0.6 is 24.0 Å². The highest BCUT2D eigenvalue weighted by Crippen LogP contribution is 2.14. The second-order valence-corrected chi connectivity index (χ2v) is 8.62. The van der Waals surface area contributed by atoms with Crippen LogP contribution in [0.3, 0.4) is 0 Å². The number of sulfonamides is 1. The molecule has 0 saturated carbocycles. The van der Waals surface area contributed by atoms with Crippen LogP contribution in [0.5, 0.6) is 0 Å². The van der Waals surface area contributed by atoms with Crippen molar-refractivity contribution in [2.24, 2.45) is 4.99 Å². The van der Waals surface area contributed by atoms with E-state index in [0.29, 0.717) is 19.0 Å². The third-order valence-corrected chi connectivity index (χ3v) is 5.88. The summed E-state index contributed by atoms with van der Waals surface area (Å²) >= 11 is 0. The number of nitrogens with one attached hydrogen (secondary N) is 3. The quantitative estimate of drug-likeness (QED) is 0.193. The normalized spacial score (nSPS) is 16.3. The Morgan fingerprint density at radius 3 is 2.61 bits per heavy atom. The van der Waals surface area contributed by atoms with Crippen LogP contribution in [-0.4, -0.2) is 82.8 Å². The first-order valence-corrected chi connectivity index (χ1v) is 10.5. The van der Waals surface area contributed by atoms with Gasteiger partial charge in [-0.05, 0) is 26.0 Å². The summed E-state index contributed by atoms with van der Waals surface area (Å²) in [5, 5.41) is 6.43. The molecule has 0 spiro atoms. The van der Waals surface area contributed by atoms with E-state index in [0.717, 1.165) is 26.3 Å². The maximum Gasteiger partial charge on any atom is 0.242 e. The minimum atomic E-state index is -3.55. The van der Waals surface area contributed by atoms with Crippen LogP contribution in [0, 0.1) is 0 Å². The van der Waals surface area contributed by atoms with Crippen LogP contribution in [0.2, 0.25) is 0 Å². The average Bonchev–Trinajstić information content (AvgIpc) is 2.69. The highest BCUT2D eigenvalue weighted by molar-refractivity contribution is 14.0. The minimum Gasteiger partial charge on any atom is -0.379 e. The third-order valence-electron chi connectivity index (χ3n) is 4.43. The van der Waals surface area contributed by atoms with E-state index in [1.165, 1.54) is 18.5 Å². The molecular formula is C17H31IN6O3S. The Balaban J connectivity index is 0.00000392. The summed E-state index contributed by atoms with van der Waals surface area (Å²) in [5.74, 6) is 0.636. The van der Waals surface area contributed by atoms with Gasteiger partial charge in [-0.1, -0.05) is 0 Å². The predicted octanol–water partition coefficient (Wildman–Crippen LogP) is 0.254. The van der Waals surface area contributed by atoms with Gasteiger partial charge in [0.05, 0.1) is 13.2 Å². The molecule has 28 heavy (non-hydrogen) atoms. The Hall–Kier alpha value is -1.02. The zero-order chi connectivity index (χ0) is 19.8. The Morgan fingerprint density at radius 1 is 1.29 bits per heavy atom. The van der Waals surface area contributed by atoms with Crippen molar-refractivity contribution in [3.05, 3.63) is 24.5 Å². The van der Waals surface area contributed by atoms with Gasteiger partial charge in [-0.15, -0.1) is 24.0 Å². The Bertz CT molecular complexity index is 709. The summed E-state index contributed by atoms with van der Waals surface area (Å²) in [6.45, 7) is 9.08. The maximum absolute atomic E-state index is 12.1. The van der Waals surface area contributed by atoms with Gasteiger partial charge in [0.2, 0.25) is 10.0 Å². The van der Waals surface area contributed by atoms with Gasteiger partial charge >= 0.3 is 0 Å². The zero-order valence-corrected chi connectivity index (χ0v) is 19.8. The highest BCUT2D eigenvalue weighted by Gasteiger charge is 2.28. The van der Waals surface area contributed by atoms with Crippen molar-refractivity contribution >= 4 is 40.0 Å². The van der Waals surface area contributed by atoms with E-state index in [1.807, 2.05) is 0 Å². The van der Waals surface area contributed by atoms with Crippen molar-refractivity contribution in [3.8, 4) is 0 Å². The molecule has 2 heterocycles. The number of guanidine groups is 1. The molecule has 0 radical (unpaired) electrons. The number of rotatable bonds is 8. The fourth-order valence-electron chi connectivity index (χ4n) is 2.76. The minimum absolute atomic E-state index is 0. The number of pyridine rings is 1. The first kappa shape index (κ1) is 25.0. The second-order valence-electron chi connectivity index (χ2n) is 6.85. The summed E-state index contributed by atoms with van der Waals surface area (Å²) in [6.07, 6.45) is 2.86. The number of morpholine rings is 1. The van der Waals surface area contributed by atoms with Crippen LogP contribution < -0.4 is 15.4 Å². The smallest absolute Gasteiger partial charge is 0.242 e. The Labute approximate surface area is 184 Å². The molecule has 1 aromatic heterocycles. The number of aromatic nitrogens is 1. The van der Waals surface area contributed by atoms with Crippen molar-refractivity contribution in [2.45, 2.75) is 24.3 Å². The molecule has 3 N–H and O–H groups in total. The molecule has 1 aliphatic heterocycles. The summed E-state index contributed by atoms with van der Waals surface area (Å²) in [7, 11) is -1.85. The van der Waals surface area contributed by atoms with Crippen LogP contribution in [-0.2, 0) is 14.8 Å². The molecule has 1 saturated heterocycles. The first-order chi connectivity index (χ1) is 12.8. The number of ether oxygens (including phenoxy) is 1. The van der Waals surface area contributed by atoms with Gasteiger partial charge in [0.1, 0.15) is 4.90 Å². The monoisotopic (exact) mass is 526 g/mol. The standard InChI is InChI=1S/C17H30N6O3S.HI/c1-17(2,23-9-11-26-12-10-23)14-21-16(18-3)20-7-8-22-27(24,25)15-5-4-6-19-13-15;/h4-6,13,22H,7-12,14H2,1-3H3,(H2,18,20,21);1H. The van der Waals surface area contributed by atoms with E-state index >= 15 is 0 Å². The molecule has 9 nitrogen and oxygen atoms in total. The van der Waals surface area contributed by atoms with Gasteiger partial charge < -0.3 is 15.4 Å². The molecule has 0 unspecified atom stereocenters. The molecule has 1 aliphatic rings. The van der Waals surface area contributed by atoms with Crippen LogP contribution in [0.25, 0.3) is 0 Å². The van der Waals surface area contributed by atoms with Crippen molar-refractivity contribution in [2.75, 3.05) is 53.0 Å². The first-order valence-electron chi connectivity index (χ1n) is 9.02. The van der Waals surface area contributed by atoms with Crippen molar-refractivity contribution < 1.29 is 13.2 Å². The van der Waals surface area contributed by atoms with E-state index in [1.54, 1.807) is 13.1 Å². The van der Waals surface area contributed by atoms with Gasteiger partial charge in [-0.3, -0.25) is 14.9 Å². The lowest BCUT2D eigenvalue weighted by Gasteiger charge is -2.41. The molecule has 160 valence electrons. The molecule has 2 rings (SSSR count). The number of halogens is 1. The Kier molecular flexibility index (Phi) is 10.6. The van der Waals surface area contributed by atoms with Crippen LogP contribution in [0.15, 0.2) is 34.4 Å². The van der Waals surface area contributed by atoms with Crippen molar-refractivity contribution in [3.63, 3.8) is 0 Å². The van der Waals surface area contributed by atoms with Gasteiger partial charge in [0, 0.05) is 57.7 Å². The Morgan fingerprint density at radius 2 is 2.00 bits per heavy atom. The lowest BCUT2D eigenvalue weighted by Crippen LogP contribution is -2.56. The molecule has 0 atom stereocenters. The molecule has 11 heteroatoms. The molecule has 0 amide bonds. The largest absolute Gasteiger partial charge is 0.379 e. The predicted molar refractivity (Wildman–Crippen MR) is 121 cm³/mol. The van der Waals surface area contributed by atoms with Gasteiger partial charge in [-0.2, -0.15) is 0 Å². The summed E-state index contributed by atoms with van der Waals surface area (Å²) in [6, 6.07) is 3.10. The van der Waals surface area contributed by atoms with E-state index < -0.39 is 10.0 Å². The van der Waals surface area contributed by atoms with Gasteiger partial charge in [-0.25, -0.2) is 13.1 Å². The molecular weight excluding hydrogens is 495 g/mol. The zero-order valence-electron chi connectivity index (χ0n) is 16.6. The van der Waals surface area contributed by atoms with E-state index in [2.05, 4.69) is 44.1 Å². The lowest BCUT2D eigenvalue weighted by atomic mass is 10.0. The fraction of sp³-hybridized carbons (Fsp3) is 0.647. The molecule has 0 bridgehead atoms. The van der Waals surface area contributed by atoms with E-state index in [-0.39, 0.29) is 41.0 Å². The number of hydrogen-bond acceptors (Lipinski definition) is 6. The van der Waals surface area contributed by atoms with Crippen molar-refractivity contribution in [1.29, 1.82) is 0 Å². The average molecular weight is 526 g/mol. The van der Waals surface area contributed by atoms with Gasteiger partial charge in [0.15, 0.2) is 5.96 Å². The second kappa shape index (κ2) is 11.9. The number of hydrogen-bond donors (Lipinski definition) is 3. The summed E-state index contributed by atoms with van der Waals surface area (Å²) in [4.78, 5) is 10.6. The summed E-state index contributed by atoms with van der Waals surface area (Å²) < 4.78 is 32.2. The highest BCUT2D eigenvalue weighted by atomic mass is 127. The van der Waals surface area contributed by atoms with E-state index in [4.69, 9.17) is 4.74 Å².